The summed E-state index contributed by atoms with van der Waals surface area (Å²) in [5.74, 6) is 0. The first-order valence-electron chi connectivity index (χ1n) is 20.2. The molecule has 10 aromatic carbocycles. The lowest BCUT2D eigenvalue weighted by atomic mass is 9.95. The molecule has 10 aromatic rings. The topological polar surface area (TPSA) is 3.24 Å². The number of hydrogen-bond acceptors (Lipinski definition) is 1. The second-order valence-electron chi connectivity index (χ2n) is 15.0. The third-order valence-corrected chi connectivity index (χ3v) is 11.3. The Morgan fingerprint density at radius 1 is 0.203 bits per heavy atom. The molecular weight excluding hydrogens is 711 g/mol. The second-order valence-corrected chi connectivity index (χ2v) is 15.0. The van der Waals surface area contributed by atoms with Gasteiger partial charge in [0, 0.05) is 17.1 Å². The predicted octanol–water partition coefficient (Wildman–Crippen LogP) is 16.3. The average molecular weight is 752 g/mol. The van der Waals surface area contributed by atoms with E-state index in [0.717, 1.165) is 17.1 Å². The summed E-state index contributed by atoms with van der Waals surface area (Å²) in [7, 11) is 0. The molecular formula is C58H41N. The number of fused-ring (bicyclic) bond motifs is 1. The van der Waals surface area contributed by atoms with Gasteiger partial charge in [-0.3, -0.25) is 0 Å². The van der Waals surface area contributed by atoms with Crippen LogP contribution in [0.2, 0.25) is 0 Å². The van der Waals surface area contributed by atoms with Gasteiger partial charge in [-0.2, -0.15) is 0 Å². The molecule has 0 aliphatic heterocycles. The zero-order chi connectivity index (χ0) is 39.4. The van der Waals surface area contributed by atoms with Crippen LogP contribution < -0.4 is 4.90 Å². The molecule has 0 unspecified atom stereocenters. The molecule has 1 nitrogen and oxygen atoms in total. The van der Waals surface area contributed by atoms with Gasteiger partial charge in [-0.15, -0.1) is 0 Å². The minimum atomic E-state index is 1.09. The Labute approximate surface area is 346 Å². The number of rotatable bonds is 9. The van der Waals surface area contributed by atoms with Crippen molar-refractivity contribution in [1.29, 1.82) is 0 Å². The fourth-order valence-corrected chi connectivity index (χ4v) is 8.24. The van der Waals surface area contributed by atoms with Gasteiger partial charge in [-0.25, -0.2) is 0 Å². The molecule has 0 amide bonds. The Balaban J connectivity index is 1.02. The van der Waals surface area contributed by atoms with Crippen LogP contribution in [0.4, 0.5) is 17.1 Å². The standard InChI is InChI=1S/C58H41N/c1-3-14-42(15-4-1)47-20-9-22-49(38-47)44-30-34-54(35-31-44)59(56-27-12-25-52(41-56)51-24-10-21-48(39-51)43-16-5-2-6-17-43)55-36-32-45(33-37-55)50-23-11-26-53(40-50)58-29-13-19-46-18-7-8-28-57(46)58/h1-41H. The van der Waals surface area contributed by atoms with Crippen molar-refractivity contribution in [2.75, 3.05) is 4.90 Å². The monoisotopic (exact) mass is 751 g/mol. The Kier molecular flexibility index (Phi) is 9.68. The smallest absolute Gasteiger partial charge is 0.0467 e. The summed E-state index contributed by atoms with van der Waals surface area (Å²) in [6, 6.07) is 89.8. The molecule has 0 heterocycles. The summed E-state index contributed by atoms with van der Waals surface area (Å²) in [6.45, 7) is 0. The molecule has 0 fully saturated rings. The van der Waals surface area contributed by atoms with Gasteiger partial charge >= 0.3 is 0 Å². The molecule has 0 atom stereocenters. The first-order valence-corrected chi connectivity index (χ1v) is 20.2. The van der Waals surface area contributed by atoms with Crippen molar-refractivity contribution in [3.05, 3.63) is 249 Å². The van der Waals surface area contributed by atoms with Gasteiger partial charge in [-0.05, 0) is 132 Å². The van der Waals surface area contributed by atoms with Gasteiger partial charge in [0.2, 0.25) is 0 Å². The lowest BCUT2D eigenvalue weighted by Gasteiger charge is -2.26. The van der Waals surface area contributed by atoms with Gasteiger partial charge < -0.3 is 4.90 Å². The zero-order valence-corrected chi connectivity index (χ0v) is 32.6. The van der Waals surface area contributed by atoms with Crippen molar-refractivity contribution < 1.29 is 0 Å². The minimum Gasteiger partial charge on any atom is -0.310 e. The van der Waals surface area contributed by atoms with Crippen molar-refractivity contribution in [2.45, 2.75) is 0 Å². The molecule has 0 N–H and O–H groups in total. The second kappa shape index (κ2) is 16.0. The zero-order valence-electron chi connectivity index (χ0n) is 32.6. The molecule has 0 saturated carbocycles. The highest BCUT2D eigenvalue weighted by atomic mass is 15.1. The molecule has 0 radical (unpaired) electrons. The van der Waals surface area contributed by atoms with E-state index in [-0.39, 0.29) is 0 Å². The van der Waals surface area contributed by atoms with Gasteiger partial charge in [0.1, 0.15) is 0 Å². The van der Waals surface area contributed by atoms with Crippen LogP contribution >= 0.6 is 0 Å². The Hall–Kier alpha value is -7.74. The molecule has 59 heavy (non-hydrogen) atoms. The molecule has 0 spiro atoms. The Morgan fingerprint density at radius 3 is 1.10 bits per heavy atom. The van der Waals surface area contributed by atoms with Crippen LogP contribution in [-0.2, 0) is 0 Å². The van der Waals surface area contributed by atoms with Crippen LogP contribution in [0, 0.1) is 0 Å². The molecule has 0 aliphatic carbocycles. The predicted molar refractivity (Wildman–Crippen MR) is 251 cm³/mol. The van der Waals surface area contributed by atoms with Gasteiger partial charge in [0.25, 0.3) is 0 Å². The summed E-state index contributed by atoms with van der Waals surface area (Å²) >= 11 is 0. The van der Waals surface area contributed by atoms with E-state index in [9.17, 15) is 0 Å². The van der Waals surface area contributed by atoms with Crippen LogP contribution in [0.3, 0.4) is 0 Å². The van der Waals surface area contributed by atoms with E-state index in [4.69, 9.17) is 0 Å². The first kappa shape index (κ1) is 35.7. The summed E-state index contributed by atoms with van der Waals surface area (Å²) in [5, 5.41) is 2.52. The van der Waals surface area contributed by atoms with Crippen molar-refractivity contribution in [1.82, 2.24) is 0 Å². The molecule has 0 aromatic heterocycles. The maximum absolute atomic E-state index is 2.37. The molecule has 1 heteroatoms. The van der Waals surface area contributed by atoms with E-state index in [2.05, 4.69) is 254 Å². The van der Waals surface area contributed by atoms with E-state index < -0.39 is 0 Å². The Bertz CT molecular complexity index is 3010. The van der Waals surface area contributed by atoms with Crippen LogP contribution in [0.5, 0.6) is 0 Å². The van der Waals surface area contributed by atoms with Gasteiger partial charge in [-0.1, -0.05) is 194 Å². The first-order chi connectivity index (χ1) is 29.2. The third kappa shape index (κ3) is 7.46. The molecule has 0 bridgehead atoms. The maximum Gasteiger partial charge on any atom is 0.0467 e. The van der Waals surface area contributed by atoms with E-state index in [1.54, 1.807) is 0 Å². The molecule has 10 rings (SSSR count). The highest BCUT2D eigenvalue weighted by Gasteiger charge is 2.15. The fourth-order valence-electron chi connectivity index (χ4n) is 8.24. The van der Waals surface area contributed by atoms with E-state index in [1.807, 2.05) is 0 Å². The normalized spacial score (nSPS) is 11.1. The summed E-state index contributed by atoms with van der Waals surface area (Å²) in [6.07, 6.45) is 0. The number of anilines is 3. The number of nitrogens with zero attached hydrogens (tertiary/aromatic N) is 1. The van der Waals surface area contributed by atoms with E-state index >= 15 is 0 Å². The third-order valence-electron chi connectivity index (χ3n) is 11.3. The summed E-state index contributed by atoms with van der Waals surface area (Å²) in [4.78, 5) is 2.37. The van der Waals surface area contributed by atoms with Gasteiger partial charge in [0.05, 0.1) is 0 Å². The van der Waals surface area contributed by atoms with Crippen molar-refractivity contribution in [3.63, 3.8) is 0 Å². The number of benzene rings is 10. The van der Waals surface area contributed by atoms with Crippen LogP contribution in [0.1, 0.15) is 0 Å². The molecule has 278 valence electrons. The highest BCUT2D eigenvalue weighted by Crippen LogP contribution is 2.40. The number of hydrogen-bond donors (Lipinski definition) is 0. The van der Waals surface area contributed by atoms with Crippen LogP contribution in [-0.4, -0.2) is 0 Å². The molecule has 0 saturated heterocycles. The summed E-state index contributed by atoms with van der Waals surface area (Å²) in [5.41, 5.74) is 17.7. The fraction of sp³-hybridized carbons (Fsp3) is 0. The van der Waals surface area contributed by atoms with E-state index in [0.29, 0.717) is 0 Å². The summed E-state index contributed by atoms with van der Waals surface area (Å²) < 4.78 is 0. The van der Waals surface area contributed by atoms with Crippen molar-refractivity contribution >= 4 is 27.8 Å². The van der Waals surface area contributed by atoms with Crippen molar-refractivity contribution in [2.24, 2.45) is 0 Å². The lowest BCUT2D eigenvalue weighted by molar-refractivity contribution is 1.28. The Morgan fingerprint density at radius 2 is 0.559 bits per heavy atom. The van der Waals surface area contributed by atoms with E-state index in [1.165, 1.54) is 77.5 Å². The largest absolute Gasteiger partial charge is 0.310 e. The lowest BCUT2D eigenvalue weighted by Crippen LogP contribution is -2.10. The SMILES string of the molecule is c1ccc(-c2cccc(-c3ccc(N(c4ccc(-c5cccc(-c6cccc7ccccc67)c5)cc4)c4cccc(-c5cccc(-c6ccccc6)c5)c4)cc3)c2)cc1. The molecule has 0 aliphatic rings. The average Bonchev–Trinajstić information content (AvgIpc) is 3.33. The quantitative estimate of drug-likeness (QED) is 0.142. The minimum absolute atomic E-state index is 1.09. The van der Waals surface area contributed by atoms with Crippen LogP contribution in [0.15, 0.2) is 249 Å². The maximum atomic E-state index is 2.37. The van der Waals surface area contributed by atoms with Crippen molar-refractivity contribution in [3.8, 4) is 66.8 Å². The highest BCUT2D eigenvalue weighted by molar-refractivity contribution is 5.97. The van der Waals surface area contributed by atoms with Gasteiger partial charge in [0.15, 0.2) is 0 Å². The van der Waals surface area contributed by atoms with Crippen LogP contribution in [0.25, 0.3) is 77.5 Å².